The number of unbranched alkanes of at least 4 members (excludes halogenated alkanes) is 4. The zero-order valence-corrected chi connectivity index (χ0v) is 10.4. The van der Waals surface area contributed by atoms with Crippen molar-refractivity contribution in [2.75, 3.05) is 0 Å². The van der Waals surface area contributed by atoms with Crippen molar-refractivity contribution in [1.82, 2.24) is 0 Å². The molecule has 0 amide bonds. The Hall–Kier alpha value is -0.990. The van der Waals surface area contributed by atoms with Crippen molar-refractivity contribution in [2.45, 2.75) is 64.9 Å². The van der Waals surface area contributed by atoms with Crippen molar-refractivity contribution in [3.8, 4) is 0 Å². The van der Waals surface area contributed by atoms with Crippen LogP contribution in [0, 0.1) is 0 Å². The third-order valence-corrected chi connectivity index (χ3v) is 2.43. The van der Waals surface area contributed by atoms with Gasteiger partial charge in [0, 0.05) is 0 Å². The Morgan fingerprint density at radius 1 is 1.25 bits per heavy atom. The SMILES string of the molecule is CCCCCC/C=C/CCC(C)OC(=O)O. The molecule has 0 heterocycles. The van der Waals surface area contributed by atoms with Crippen LogP contribution in [-0.2, 0) is 4.74 Å². The number of carbonyl (C=O) groups is 1. The van der Waals surface area contributed by atoms with Crippen molar-refractivity contribution >= 4 is 6.16 Å². The van der Waals surface area contributed by atoms with E-state index in [9.17, 15) is 4.79 Å². The molecule has 0 fully saturated rings. The van der Waals surface area contributed by atoms with Crippen LogP contribution in [0.5, 0.6) is 0 Å². The summed E-state index contributed by atoms with van der Waals surface area (Å²) in [7, 11) is 0. The van der Waals surface area contributed by atoms with Gasteiger partial charge >= 0.3 is 6.16 Å². The predicted octanol–water partition coefficient (Wildman–Crippen LogP) is 4.38. The van der Waals surface area contributed by atoms with Crippen molar-refractivity contribution < 1.29 is 14.6 Å². The number of hydrogen-bond donors (Lipinski definition) is 1. The molecule has 0 saturated carbocycles. The van der Waals surface area contributed by atoms with E-state index >= 15 is 0 Å². The average Bonchev–Trinajstić information content (AvgIpc) is 2.21. The van der Waals surface area contributed by atoms with Crippen molar-refractivity contribution in [2.24, 2.45) is 0 Å². The maximum atomic E-state index is 10.2. The van der Waals surface area contributed by atoms with Gasteiger partial charge in [-0.3, -0.25) is 0 Å². The van der Waals surface area contributed by atoms with E-state index in [2.05, 4.69) is 23.8 Å². The lowest BCUT2D eigenvalue weighted by Gasteiger charge is -2.07. The van der Waals surface area contributed by atoms with Gasteiger partial charge in [-0.15, -0.1) is 0 Å². The molecule has 1 unspecified atom stereocenters. The number of carboxylic acid groups (broad SMARTS) is 1. The summed E-state index contributed by atoms with van der Waals surface area (Å²) in [6.45, 7) is 3.99. The molecule has 16 heavy (non-hydrogen) atoms. The zero-order valence-electron chi connectivity index (χ0n) is 10.4. The maximum Gasteiger partial charge on any atom is 0.506 e. The van der Waals surface area contributed by atoms with E-state index in [4.69, 9.17) is 5.11 Å². The molecule has 0 aliphatic carbocycles. The van der Waals surface area contributed by atoms with E-state index in [0.717, 1.165) is 19.3 Å². The second kappa shape index (κ2) is 10.5. The van der Waals surface area contributed by atoms with Crippen LogP contribution in [0.25, 0.3) is 0 Å². The summed E-state index contributed by atoms with van der Waals surface area (Å²) in [5.41, 5.74) is 0. The van der Waals surface area contributed by atoms with Gasteiger partial charge in [0.05, 0.1) is 0 Å². The first-order chi connectivity index (χ1) is 7.66. The van der Waals surface area contributed by atoms with Gasteiger partial charge in [-0.05, 0) is 32.6 Å². The summed E-state index contributed by atoms with van der Waals surface area (Å²) < 4.78 is 4.59. The fourth-order valence-electron chi connectivity index (χ4n) is 1.49. The van der Waals surface area contributed by atoms with E-state index in [-0.39, 0.29) is 6.10 Å². The van der Waals surface area contributed by atoms with Gasteiger partial charge in [0.15, 0.2) is 0 Å². The molecule has 3 heteroatoms. The van der Waals surface area contributed by atoms with Crippen LogP contribution in [0.4, 0.5) is 4.79 Å². The van der Waals surface area contributed by atoms with Gasteiger partial charge < -0.3 is 9.84 Å². The molecule has 0 radical (unpaired) electrons. The summed E-state index contributed by atoms with van der Waals surface area (Å²) in [4.78, 5) is 10.2. The Kier molecular flexibility index (Phi) is 9.87. The minimum Gasteiger partial charge on any atom is -0.450 e. The van der Waals surface area contributed by atoms with Crippen LogP contribution in [0.3, 0.4) is 0 Å². The molecule has 1 N–H and O–H groups in total. The third kappa shape index (κ3) is 11.1. The minimum atomic E-state index is -1.18. The molecule has 0 aromatic carbocycles. The molecular formula is C13H24O3. The molecule has 0 aliphatic rings. The molecule has 0 aromatic heterocycles. The molecule has 0 bridgehead atoms. The average molecular weight is 228 g/mol. The normalized spacial score (nSPS) is 12.9. The molecule has 0 aromatic rings. The Labute approximate surface area is 98.5 Å². The summed E-state index contributed by atoms with van der Waals surface area (Å²) in [6.07, 6.45) is 10.8. The van der Waals surface area contributed by atoms with Crippen molar-refractivity contribution in [3.63, 3.8) is 0 Å². The highest BCUT2D eigenvalue weighted by molar-refractivity contribution is 5.56. The Bertz CT molecular complexity index is 199. The van der Waals surface area contributed by atoms with Crippen LogP contribution < -0.4 is 0 Å². The van der Waals surface area contributed by atoms with Gasteiger partial charge in [-0.2, -0.15) is 0 Å². The molecule has 94 valence electrons. The topological polar surface area (TPSA) is 46.5 Å². The molecule has 0 rings (SSSR count). The number of allylic oxidation sites excluding steroid dienone is 2. The van der Waals surface area contributed by atoms with Crippen LogP contribution in [0.1, 0.15) is 58.8 Å². The lowest BCUT2D eigenvalue weighted by atomic mass is 10.1. The first-order valence-electron chi connectivity index (χ1n) is 6.21. The first kappa shape index (κ1) is 15.0. The monoisotopic (exact) mass is 228 g/mol. The van der Waals surface area contributed by atoms with Gasteiger partial charge in [-0.25, -0.2) is 4.79 Å². The zero-order chi connectivity index (χ0) is 12.2. The van der Waals surface area contributed by atoms with Crippen molar-refractivity contribution in [1.29, 1.82) is 0 Å². The van der Waals surface area contributed by atoms with Crippen LogP contribution in [0.2, 0.25) is 0 Å². The van der Waals surface area contributed by atoms with Gasteiger partial charge in [0.2, 0.25) is 0 Å². The van der Waals surface area contributed by atoms with Gasteiger partial charge in [0.25, 0.3) is 0 Å². The van der Waals surface area contributed by atoms with E-state index in [0.29, 0.717) is 0 Å². The lowest BCUT2D eigenvalue weighted by Crippen LogP contribution is -2.12. The highest BCUT2D eigenvalue weighted by Crippen LogP contribution is 2.06. The highest BCUT2D eigenvalue weighted by Gasteiger charge is 2.04. The second-order valence-corrected chi connectivity index (χ2v) is 4.09. The van der Waals surface area contributed by atoms with E-state index in [1.54, 1.807) is 6.92 Å². The molecule has 0 spiro atoms. The Morgan fingerprint density at radius 3 is 2.56 bits per heavy atom. The summed E-state index contributed by atoms with van der Waals surface area (Å²) >= 11 is 0. The van der Waals surface area contributed by atoms with Crippen molar-refractivity contribution in [3.05, 3.63) is 12.2 Å². The Balaban J connectivity index is 3.29. The highest BCUT2D eigenvalue weighted by atomic mass is 16.7. The largest absolute Gasteiger partial charge is 0.506 e. The van der Waals surface area contributed by atoms with E-state index < -0.39 is 6.16 Å². The summed E-state index contributed by atoms with van der Waals surface area (Å²) in [5.74, 6) is 0. The second-order valence-electron chi connectivity index (χ2n) is 4.09. The molecule has 3 nitrogen and oxygen atoms in total. The smallest absolute Gasteiger partial charge is 0.450 e. The Morgan fingerprint density at radius 2 is 1.94 bits per heavy atom. The van der Waals surface area contributed by atoms with E-state index in [1.807, 2.05) is 0 Å². The van der Waals surface area contributed by atoms with Crippen LogP contribution in [0.15, 0.2) is 12.2 Å². The standard InChI is InChI=1S/C13H24O3/c1-3-4-5-6-7-8-9-10-11-12(2)16-13(14)15/h8-9,12H,3-7,10-11H2,1-2H3,(H,14,15)/b9-8+. The van der Waals surface area contributed by atoms with Crippen LogP contribution in [-0.4, -0.2) is 17.4 Å². The minimum absolute atomic E-state index is 0.206. The molecule has 0 aliphatic heterocycles. The number of ether oxygens (including phenoxy) is 1. The molecule has 0 saturated heterocycles. The van der Waals surface area contributed by atoms with Gasteiger partial charge in [0.1, 0.15) is 6.10 Å². The molecular weight excluding hydrogens is 204 g/mol. The fourth-order valence-corrected chi connectivity index (χ4v) is 1.49. The lowest BCUT2D eigenvalue weighted by molar-refractivity contribution is 0.0562. The van der Waals surface area contributed by atoms with E-state index in [1.165, 1.54) is 25.7 Å². The quantitative estimate of drug-likeness (QED) is 0.362. The predicted molar refractivity (Wildman–Crippen MR) is 65.7 cm³/mol. The first-order valence-corrected chi connectivity index (χ1v) is 6.21. The van der Waals surface area contributed by atoms with Crippen LogP contribution >= 0.6 is 0 Å². The number of hydrogen-bond acceptors (Lipinski definition) is 2. The number of rotatable bonds is 9. The third-order valence-electron chi connectivity index (χ3n) is 2.43. The summed E-state index contributed by atoms with van der Waals surface area (Å²) in [6, 6.07) is 0. The fraction of sp³-hybridized carbons (Fsp3) is 0.769. The summed E-state index contributed by atoms with van der Waals surface area (Å²) in [5, 5.41) is 8.37. The van der Waals surface area contributed by atoms with Gasteiger partial charge in [-0.1, -0.05) is 38.3 Å². The maximum absolute atomic E-state index is 10.2. The molecule has 1 atom stereocenters.